The molecule has 1 N–H and O–H groups in total. The van der Waals surface area contributed by atoms with E-state index in [2.05, 4.69) is 31.1 Å². The van der Waals surface area contributed by atoms with Crippen molar-refractivity contribution in [1.82, 2.24) is 10.2 Å². The lowest BCUT2D eigenvalue weighted by molar-refractivity contribution is 0.208. The lowest BCUT2D eigenvalue weighted by Gasteiger charge is -2.27. The third-order valence-electron chi connectivity index (χ3n) is 2.42. The van der Waals surface area contributed by atoms with Gasteiger partial charge in [-0.2, -0.15) is 0 Å². The van der Waals surface area contributed by atoms with Gasteiger partial charge in [0.25, 0.3) is 0 Å². The minimum absolute atomic E-state index is 0.685. The first kappa shape index (κ1) is 8.02. The molecule has 0 aromatic rings. The average Bonchev–Trinajstić information content (AvgIpc) is 2.36. The van der Waals surface area contributed by atoms with E-state index >= 15 is 0 Å². The van der Waals surface area contributed by atoms with Crippen LogP contribution in [0.15, 0.2) is 0 Å². The summed E-state index contributed by atoms with van der Waals surface area (Å²) in [5.74, 6) is 0. The molecule has 1 heterocycles. The summed E-state index contributed by atoms with van der Waals surface area (Å²) in [4.78, 5) is 2.44. The minimum atomic E-state index is 0.685. The first-order valence-electron chi connectivity index (χ1n) is 4.14. The van der Waals surface area contributed by atoms with Crippen molar-refractivity contribution in [3.8, 4) is 0 Å². The predicted octanol–water partition coefficient (Wildman–Crippen LogP) is 0.689. The molecule has 1 fully saturated rings. The Kier molecular flexibility index (Phi) is 2.69. The molecule has 1 aliphatic rings. The van der Waals surface area contributed by atoms with E-state index in [-0.39, 0.29) is 0 Å². The van der Waals surface area contributed by atoms with Crippen LogP contribution in [-0.4, -0.2) is 37.1 Å². The molecule has 0 aliphatic carbocycles. The number of nitrogens with zero attached hydrogens (tertiary/aromatic N) is 1. The molecule has 0 unspecified atom stereocenters. The first-order chi connectivity index (χ1) is 4.72. The van der Waals surface area contributed by atoms with E-state index < -0.39 is 0 Å². The van der Waals surface area contributed by atoms with Gasteiger partial charge in [-0.3, -0.25) is 4.90 Å². The Bertz CT molecular complexity index is 95.4. The van der Waals surface area contributed by atoms with Crippen molar-refractivity contribution in [2.24, 2.45) is 0 Å². The van der Waals surface area contributed by atoms with Crippen LogP contribution in [0.4, 0.5) is 0 Å². The molecule has 0 aromatic carbocycles. The zero-order valence-electron chi connectivity index (χ0n) is 7.22. The highest BCUT2D eigenvalue weighted by Crippen LogP contribution is 2.08. The van der Waals surface area contributed by atoms with Gasteiger partial charge in [-0.15, -0.1) is 0 Å². The fourth-order valence-corrected chi connectivity index (χ4v) is 1.41. The molecule has 1 saturated heterocycles. The highest BCUT2D eigenvalue weighted by atomic mass is 15.2. The predicted molar refractivity (Wildman–Crippen MR) is 44.2 cm³/mol. The van der Waals surface area contributed by atoms with Crippen molar-refractivity contribution in [1.29, 1.82) is 0 Å². The van der Waals surface area contributed by atoms with Crippen molar-refractivity contribution in [3.05, 3.63) is 0 Å². The fraction of sp³-hybridized carbons (Fsp3) is 1.00. The summed E-state index contributed by atoms with van der Waals surface area (Å²) in [5.41, 5.74) is 0. The van der Waals surface area contributed by atoms with E-state index in [1.54, 1.807) is 0 Å². The maximum absolute atomic E-state index is 3.37. The number of hydrogen-bond donors (Lipinski definition) is 1. The average molecular weight is 142 g/mol. The summed E-state index contributed by atoms with van der Waals surface area (Å²) < 4.78 is 0. The molecule has 60 valence electrons. The van der Waals surface area contributed by atoms with E-state index in [9.17, 15) is 0 Å². The Morgan fingerprint density at radius 3 is 2.60 bits per heavy atom. The Hall–Kier alpha value is -0.0800. The van der Waals surface area contributed by atoms with E-state index in [0.717, 1.165) is 6.04 Å². The Labute approximate surface area is 63.6 Å². The molecule has 2 nitrogen and oxygen atoms in total. The van der Waals surface area contributed by atoms with Crippen LogP contribution in [-0.2, 0) is 0 Å². The molecule has 0 aromatic heterocycles. The van der Waals surface area contributed by atoms with Gasteiger partial charge in [-0.25, -0.2) is 0 Å². The minimum Gasteiger partial charge on any atom is -0.315 e. The second kappa shape index (κ2) is 3.35. The molecular formula is C8H18N2. The lowest BCUT2D eigenvalue weighted by atomic mass is 10.2. The topological polar surface area (TPSA) is 15.3 Å². The Balaban J connectivity index is 2.32. The van der Waals surface area contributed by atoms with Crippen LogP contribution in [0, 0.1) is 0 Å². The highest BCUT2D eigenvalue weighted by Gasteiger charge is 2.20. The van der Waals surface area contributed by atoms with Crippen LogP contribution in [0.1, 0.15) is 20.3 Å². The van der Waals surface area contributed by atoms with Gasteiger partial charge in [0.15, 0.2) is 0 Å². The molecule has 2 heteroatoms. The summed E-state index contributed by atoms with van der Waals surface area (Å²) in [6.45, 7) is 6.87. The van der Waals surface area contributed by atoms with E-state index in [0.29, 0.717) is 6.04 Å². The van der Waals surface area contributed by atoms with Gasteiger partial charge in [0.05, 0.1) is 0 Å². The summed E-state index contributed by atoms with van der Waals surface area (Å²) in [7, 11) is 2.21. The molecule has 0 bridgehead atoms. The van der Waals surface area contributed by atoms with Crippen molar-refractivity contribution in [2.75, 3.05) is 20.1 Å². The molecular weight excluding hydrogens is 124 g/mol. The molecule has 1 aliphatic heterocycles. The largest absolute Gasteiger partial charge is 0.315 e. The molecule has 1 atom stereocenters. The zero-order chi connectivity index (χ0) is 7.56. The van der Waals surface area contributed by atoms with Crippen LogP contribution in [0.25, 0.3) is 0 Å². The van der Waals surface area contributed by atoms with Gasteiger partial charge < -0.3 is 5.32 Å². The summed E-state index contributed by atoms with van der Waals surface area (Å²) in [6, 6.07) is 1.46. The van der Waals surface area contributed by atoms with Crippen LogP contribution in [0.2, 0.25) is 0 Å². The zero-order valence-corrected chi connectivity index (χ0v) is 7.22. The van der Waals surface area contributed by atoms with Gasteiger partial charge in [-0.1, -0.05) is 0 Å². The van der Waals surface area contributed by atoms with Crippen molar-refractivity contribution in [2.45, 2.75) is 32.4 Å². The number of rotatable bonds is 2. The Morgan fingerprint density at radius 2 is 2.20 bits per heavy atom. The fourth-order valence-electron chi connectivity index (χ4n) is 1.41. The van der Waals surface area contributed by atoms with Crippen LogP contribution in [0.5, 0.6) is 0 Å². The quantitative estimate of drug-likeness (QED) is 0.610. The third-order valence-corrected chi connectivity index (χ3v) is 2.42. The number of likely N-dealkylation sites (N-methyl/N-ethyl adjacent to an activating group) is 1. The third kappa shape index (κ3) is 1.70. The second-order valence-corrected chi connectivity index (χ2v) is 3.41. The standard InChI is InChI=1S/C8H18N2/c1-7(2)10(3)8-4-5-9-6-8/h7-9H,4-6H2,1-3H3/t8-/m1/s1. The summed E-state index contributed by atoms with van der Waals surface area (Å²) in [5, 5.41) is 3.37. The van der Waals surface area contributed by atoms with Gasteiger partial charge in [-0.05, 0) is 33.9 Å². The molecule has 0 radical (unpaired) electrons. The summed E-state index contributed by atoms with van der Waals surface area (Å²) >= 11 is 0. The highest BCUT2D eigenvalue weighted by molar-refractivity contribution is 4.79. The van der Waals surface area contributed by atoms with Crippen molar-refractivity contribution in [3.63, 3.8) is 0 Å². The van der Waals surface area contributed by atoms with Crippen molar-refractivity contribution < 1.29 is 0 Å². The van der Waals surface area contributed by atoms with Crippen LogP contribution >= 0.6 is 0 Å². The van der Waals surface area contributed by atoms with E-state index in [4.69, 9.17) is 0 Å². The molecule has 0 amide bonds. The summed E-state index contributed by atoms with van der Waals surface area (Å²) in [6.07, 6.45) is 1.31. The smallest absolute Gasteiger partial charge is 0.0232 e. The number of hydrogen-bond acceptors (Lipinski definition) is 2. The van der Waals surface area contributed by atoms with E-state index in [1.807, 2.05) is 0 Å². The lowest BCUT2D eigenvalue weighted by Crippen LogP contribution is -2.38. The van der Waals surface area contributed by atoms with Gasteiger partial charge in [0.2, 0.25) is 0 Å². The van der Waals surface area contributed by atoms with Gasteiger partial charge in [0, 0.05) is 18.6 Å². The van der Waals surface area contributed by atoms with Crippen molar-refractivity contribution >= 4 is 0 Å². The van der Waals surface area contributed by atoms with Gasteiger partial charge in [0.1, 0.15) is 0 Å². The first-order valence-corrected chi connectivity index (χ1v) is 4.14. The normalized spacial score (nSPS) is 26.7. The SMILES string of the molecule is CC(C)N(C)[C@@H]1CCNC1. The monoisotopic (exact) mass is 142 g/mol. The number of nitrogens with one attached hydrogen (secondary N) is 1. The van der Waals surface area contributed by atoms with Crippen LogP contribution < -0.4 is 5.32 Å². The Morgan fingerprint density at radius 1 is 1.50 bits per heavy atom. The van der Waals surface area contributed by atoms with Gasteiger partial charge >= 0.3 is 0 Å². The molecule has 0 saturated carbocycles. The second-order valence-electron chi connectivity index (χ2n) is 3.41. The maximum atomic E-state index is 3.37. The molecule has 0 spiro atoms. The molecule has 1 rings (SSSR count). The van der Waals surface area contributed by atoms with E-state index in [1.165, 1.54) is 19.5 Å². The van der Waals surface area contributed by atoms with Crippen LogP contribution in [0.3, 0.4) is 0 Å². The maximum Gasteiger partial charge on any atom is 0.0232 e. The molecule has 10 heavy (non-hydrogen) atoms.